The highest BCUT2D eigenvalue weighted by molar-refractivity contribution is 7.92. The number of carbonyl (C=O) groups is 1. The van der Waals surface area contributed by atoms with Gasteiger partial charge in [-0.2, -0.15) is 0 Å². The van der Waals surface area contributed by atoms with Crippen molar-refractivity contribution in [1.29, 1.82) is 0 Å². The van der Waals surface area contributed by atoms with Gasteiger partial charge < -0.3 is 14.6 Å². The van der Waals surface area contributed by atoms with Gasteiger partial charge in [-0.25, -0.2) is 17.6 Å². The monoisotopic (exact) mass is 389 g/mol. The lowest BCUT2D eigenvalue weighted by atomic mass is 10.1. The number of halogens is 2. The third-order valence-corrected chi connectivity index (χ3v) is 4.86. The maximum Gasteiger partial charge on any atom is 0.338 e. The minimum atomic E-state index is -4.47. The third-order valence-electron chi connectivity index (χ3n) is 3.20. The van der Waals surface area contributed by atoms with Crippen LogP contribution in [0.25, 0.3) is 0 Å². The van der Waals surface area contributed by atoms with E-state index in [1.807, 2.05) is 4.72 Å². The Labute approximate surface area is 148 Å². The van der Waals surface area contributed by atoms with Crippen molar-refractivity contribution in [2.45, 2.75) is 4.90 Å². The summed E-state index contributed by atoms with van der Waals surface area (Å²) in [7, 11) is -1.94. The van der Waals surface area contributed by atoms with Gasteiger partial charge in [0.05, 0.1) is 24.8 Å². The summed E-state index contributed by atoms with van der Waals surface area (Å²) >= 11 is 5.60. The van der Waals surface area contributed by atoms with Crippen molar-refractivity contribution in [3.63, 3.8) is 0 Å². The number of nitrogens with one attached hydrogen (secondary N) is 1. The van der Waals surface area contributed by atoms with Gasteiger partial charge in [-0.1, -0.05) is 17.7 Å². The summed E-state index contributed by atoms with van der Waals surface area (Å²) in [5, 5.41) is 8.94. The van der Waals surface area contributed by atoms with E-state index in [9.17, 15) is 22.7 Å². The van der Waals surface area contributed by atoms with E-state index in [0.717, 1.165) is 12.1 Å². The van der Waals surface area contributed by atoms with E-state index in [0.29, 0.717) is 0 Å². The molecule has 25 heavy (non-hydrogen) atoms. The number of sulfonamides is 1. The minimum Gasteiger partial charge on any atom is -0.497 e. The van der Waals surface area contributed by atoms with E-state index in [4.69, 9.17) is 21.1 Å². The van der Waals surface area contributed by atoms with E-state index < -0.39 is 32.3 Å². The first kappa shape index (κ1) is 18.8. The summed E-state index contributed by atoms with van der Waals surface area (Å²) in [6.07, 6.45) is 0. The largest absolute Gasteiger partial charge is 0.497 e. The van der Waals surface area contributed by atoms with E-state index in [2.05, 4.69) is 0 Å². The molecule has 7 nitrogen and oxygen atoms in total. The zero-order valence-electron chi connectivity index (χ0n) is 13.0. The molecule has 0 unspecified atom stereocenters. The maximum atomic E-state index is 14.0. The fourth-order valence-electron chi connectivity index (χ4n) is 2.02. The summed E-state index contributed by atoms with van der Waals surface area (Å²) in [5.41, 5.74) is -0.794. The lowest BCUT2D eigenvalue weighted by molar-refractivity contribution is 0.0697. The molecule has 0 fully saturated rings. The Morgan fingerprint density at radius 1 is 1.24 bits per heavy atom. The van der Waals surface area contributed by atoms with Crippen LogP contribution in [0.1, 0.15) is 10.4 Å². The summed E-state index contributed by atoms with van der Waals surface area (Å²) in [4.78, 5) is 10.7. The highest BCUT2D eigenvalue weighted by atomic mass is 35.5. The first-order valence-corrected chi connectivity index (χ1v) is 8.53. The van der Waals surface area contributed by atoms with Crippen LogP contribution in [0.2, 0.25) is 5.02 Å². The van der Waals surface area contributed by atoms with Crippen LogP contribution in [-0.2, 0) is 10.0 Å². The SMILES string of the molecule is COc1cc(OC)c(NS(=O)(=O)c2cccc(Cl)c2F)c(C(=O)O)c1. The van der Waals surface area contributed by atoms with Crippen molar-refractivity contribution >= 4 is 33.3 Å². The lowest BCUT2D eigenvalue weighted by Gasteiger charge is -2.16. The second-order valence-electron chi connectivity index (χ2n) is 4.71. The standard InChI is InChI=1S/C15H13ClFNO6S/c1-23-8-6-9(15(19)20)14(11(7-8)24-2)18-25(21,22)12-5-3-4-10(16)13(12)17/h3-7,18H,1-2H3,(H,19,20). The van der Waals surface area contributed by atoms with E-state index in [1.54, 1.807) is 0 Å². The van der Waals surface area contributed by atoms with Crippen molar-refractivity contribution in [2.75, 3.05) is 18.9 Å². The molecule has 10 heteroatoms. The predicted molar refractivity (Wildman–Crippen MR) is 88.7 cm³/mol. The molecule has 2 N–H and O–H groups in total. The minimum absolute atomic E-state index is 0.109. The second-order valence-corrected chi connectivity index (χ2v) is 6.77. The van der Waals surface area contributed by atoms with Gasteiger partial charge >= 0.3 is 5.97 Å². The predicted octanol–water partition coefficient (Wildman–Crippen LogP) is 3.00. The van der Waals surface area contributed by atoms with Crippen LogP contribution in [0, 0.1) is 5.82 Å². The van der Waals surface area contributed by atoms with Crippen LogP contribution >= 0.6 is 11.6 Å². The molecular weight excluding hydrogens is 377 g/mol. The molecule has 0 saturated carbocycles. The molecule has 0 aliphatic heterocycles. The lowest BCUT2D eigenvalue weighted by Crippen LogP contribution is -2.18. The van der Waals surface area contributed by atoms with E-state index >= 15 is 0 Å². The Kier molecular flexibility index (Phi) is 5.39. The molecule has 0 bridgehead atoms. The number of rotatable bonds is 6. The van der Waals surface area contributed by atoms with Gasteiger partial charge in [0.2, 0.25) is 0 Å². The van der Waals surface area contributed by atoms with Gasteiger partial charge in [0.25, 0.3) is 10.0 Å². The van der Waals surface area contributed by atoms with E-state index in [1.165, 1.54) is 32.4 Å². The van der Waals surface area contributed by atoms with Crippen LogP contribution < -0.4 is 14.2 Å². The second kappa shape index (κ2) is 7.16. The Bertz CT molecular complexity index is 932. The average molecular weight is 390 g/mol. The van der Waals surface area contributed by atoms with Crippen LogP contribution in [-0.4, -0.2) is 33.7 Å². The molecule has 0 saturated heterocycles. The van der Waals surface area contributed by atoms with Crippen molar-refractivity contribution < 1.29 is 32.2 Å². The Morgan fingerprint density at radius 3 is 2.48 bits per heavy atom. The molecule has 2 aromatic rings. The highest BCUT2D eigenvalue weighted by Crippen LogP contribution is 2.35. The van der Waals surface area contributed by atoms with Crippen LogP contribution in [0.4, 0.5) is 10.1 Å². The zero-order chi connectivity index (χ0) is 18.8. The van der Waals surface area contributed by atoms with Crippen molar-refractivity contribution in [3.8, 4) is 11.5 Å². The summed E-state index contributed by atoms with van der Waals surface area (Å²) in [6.45, 7) is 0. The quantitative estimate of drug-likeness (QED) is 0.787. The Morgan fingerprint density at radius 2 is 1.92 bits per heavy atom. The van der Waals surface area contributed by atoms with E-state index in [-0.39, 0.29) is 22.2 Å². The number of carboxylic acid groups (broad SMARTS) is 1. The summed E-state index contributed by atoms with van der Waals surface area (Å²) in [5.74, 6) is -2.55. The Hall–Kier alpha value is -2.52. The number of ether oxygens (including phenoxy) is 2. The normalized spacial score (nSPS) is 11.0. The third kappa shape index (κ3) is 3.77. The molecular formula is C15H13ClFNO6S. The van der Waals surface area contributed by atoms with Crippen molar-refractivity contribution in [2.24, 2.45) is 0 Å². The van der Waals surface area contributed by atoms with Crippen LogP contribution in [0.5, 0.6) is 11.5 Å². The topological polar surface area (TPSA) is 102 Å². The summed E-state index contributed by atoms with van der Waals surface area (Å²) < 4.78 is 51.0. The maximum absolute atomic E-state index is 14.0. The first-order chi connectivity index (χ1) is 11.7. The first-order valence-electron chi connectivity index (χ1n) is 6.67. The summed E-state index contributed by atoms with van der Waals surface area (Å²) in [6, 6.07) is 5.84. The number of carboxylic acids is 1. The van der Waals surface area contributed by atoms with Crippen LogP contribution in [0.15, 0.2) is 35.2 Å². The van der Waals surface area contributed by atoms with Gasteiger partial charge in [0.15, 0.2) is 5.82 Å². The molecule has 0 aliphatic carbocycles. The zero-order valence-corrected chi connectivity index (χ0v) is 14.6. The molecule has 0 amide bonds. The number of methoxy groups -OCH3 is 2. The average Bonchev–Trinajstić information content (AvgIpc) is 2.56. The molecule has 2 aromatic carbocycles. The number of hydrogen-bond donors (Lipinski definition) is 2. The molecule has 0 spiro atoms. The van der Waals surface area contributed by atoms with Gasteiger partial charge in [0, 0.05) is 6.07 Å². The Balaban J connectivity index is 2.62. The van der Waals surface area contributed by atoms with Gasteiger partial charge in [-0.3, -0.25) is 4.72 Å². The molecule has 0 atom stereocenters. The van der Waals surface area contributed by atoms with Gasteiger partial charge in [-0.15, -0.1) is 0 Å². The molecule has 0 heterocycles. The number of aromatic carboxylic acids is 1. The molecule has 2 rings (SSSR count). The van der Waals surface area contributed by atoms with Crippen molar-refractivity contribution in [1.82, 2.24) is 0 Å². The molecule has 134 valence electrons. The highest BCUT2D eigenvalue weighted by Gasteiger charge is 2.26. The van der Waals surface area contributed by atoms with Crippen LogP contribution in [0.3, 0.4) is 0 Å². The van der Waals surface area contributed by atoms with Gasteiger partial charge in [0.1, 0.15) is 22.1 Å². The smallest absolute Gasteiger partial charge is 0.338 e. The number of hydrogen-bond acceptors (Lipinski definition) is 5. The molecule has 0 aliphatic rings. The fraction of sp³-hybridized carbons (Fsp3) is 0.133. The van der Waals surface area contributed by atoms with Gasteiger partial charge in [-0.05, 0) is 18.2 Å². The fourth-order valence-corrected chi connectivity index (χ4v) is 3.45. The number of benzene rings is 2. The molecule has 0 aromatic heterocycles. The number of anilines is 1. The molecule has 0 radical (unpaired) electrons. The van der Waals surface area contributed by atoms with Crippen molar-refractivity contribution in [3.05, 3.63) is 46.7 Å².